The molecule has 0 aliphatic carbocycles. The van der Waals surface area contributed by atoms with E-state index in [1.54, 1.807) is 18.2 Å². The molecule has 1 rings (SSSR count). The van der Waals surface area contributed by atoms with E-state index in [0.717, 1.165) is 0 Å². The number of para-hydroxylation sites is 2. The molecule has 1 aromatic carbocycles. The molecule has 0 aromatic heterocycles. The Bertz CT molecular complexity index is 462. The first-order valence-corrected chi connectivity index (χ1v) is 6.32. The molecule has 0 aliphatic heterocycles. The fourth-order valence-electron chi connectivity index (χ4n) is 1.70. The van der Waals surface area contributed by atoms with Crippen molar-refractivity contribution in [3.8, 4) is 5.75 Å². The molecule has 0 heterocycles. The number of carbonyl (C=O) groups excluding carboxylic acids is 2. The van der Waals surface area contributed by atoms with Crippen LogP contribution in [0.1, 0.15) is 6.92 Å². The number of hydrogen-bond donors (Lipinski definition) is 1. The molecule has 2 amide bonds. The standard InChI is InChI=1S/C14H20N2O4/c1-4-16(14(18)10-19-2)9-13(17)15-11-7-5-6-8-12(11)20-3/h5-8H,4,9-10H2,1-3H3,(H,15,17). The van der Waals surface area contributed by atoms with Crippen molar-refractivity contribution in [1.29, 1.82) is 0 Å². The third-order valence-electron chi connectivity index (χ3n) is 2.72. The average Bonchev–Trinajstić information content (AvgIpc) is 2.45. The molecule has 20 heavy (non-hydrogen) atoms. The van der Waals surface area contributed by atoms with Crippen molar-refractivity contribution < 1.29 is 19.1 Å². The van der Waals surface area contributed by atoms with Gasteiger partial charge in [0.15, 0.2) is 0 Å². The summed E-state index contributed by atoms with van der Waals surface area (Å²) in [6, 6.07) is 7.11. The first-order valence-electron chi connectivity index (χ1n) is 6.32. The van der Waals surface area contributed by atoms with E-state index in [-0.39, 0.29) is 25.0 Å². The molecule has 0 atom stereocenters. The van der Waals surface area contributed by atoms with Crippen LogP contribution in [0.4, 0.5) is 5.69 Å². The van der Waals surface area contributed by atoms with Gasteiger partial charge < -0.3 is 19.7 Å². The monoisotopic (exact) mass is 280 g/mol. The number of nitrogens with one attached hydrogen (secondary N) is 1. The number of anilines is 1. The molecular formula is C14H20N2O4. The first-order chi connectivity index (χ1) is 9.62. The number of hydrogen-bond acceptors (Lipinski definition) is 4. The van der Waals surface area contributed by atoms with E-state index in [1.165, 1.54) is 19.1 Å². The predicted molar refractivity (Wildman–Crippen MR) is 75.8 cm³/mol. The van der Waals surface area contributed by atoms with Crippen LogP contribution in [0, 0.1) is 0 Å². The molecule has 0 fully saturated rings. The molecule has 0 saturated carbocycles. The zero-order valence-electron chi connectivity index (χ0n) is 12.0. The number of benzene rings is 1. The average molecular weight is 280 g/mol. The number of ether oxygens (including phenoxy) is 2. The molecule has 6 nitrogen and oxygen atoms in total. The number of carbonyl (C=O) groups is 2. The van der Waals surface area contributed by atoms with Crippen LogP contribution >= 0.6 is 0 Å². The number of amides is 2. The van der Waals surface area contributed by atoms with Gasteiger partial charge in [0.2, 0.25) is 11.8 Å². The maximum Gasteiger partial charge on any atom is 0.249 e. The Morgan fingerprint density at radius 1 is 1.25 bits per heavy atom. The van der Waals surface area contributed by atoms with E-state index in [2.05, 4.69) is 5.32 Å². The summed E-state index contributed by atoms with van der Waals surface area (Å²) in [5, 5.41) is 2.72. The fraction of sp³-hybridized carbons (Fsp3) is 0.429. The van der Waals surface area contributed by atoms with Crippen molar-refractivity contribution in [2.45, 2.75) is 6.92 Å². The van der Waals surface area contributed by atoms with Gasteiger partial charge in [-0.1, -0.05) is 12.1 Å². The van der Waals surface area contributed by atoms with Crippen LogP contribution in [0.2, 0.25) is 0 Å². The van der Waals surface area contributed by atoms with E-state index in [0.29, 0.717) is 18.0 Å². The van der Waals surface area contributed by atoms with Crippen LogP contribution in [0.25, 0.3) is 0 Å². The highest BCUT2D eigenvalue weighted by atomic mass is 16.5. The highest BCUT2D eigenvalue weighted by Gasteiger charge is 2.16. The Hall–Kier alpha value is -2.08. The van der Waals surface area contributed by atoms with Gasteiger partial charge in [-0.05, 0) is 19.1 Å². The Labute approximate surface area is 118 Å². The Balaban J connectivity index is 2.64. The molecule has 110 valence electrons. The van der Waals surface area contributed by atoms with Gasteiger partial charge in [0, 0.05) is 13.7 Å². The van der Waals surface area contributed by atoms with Crippen molar-refractivity contribution in [2.75, 3.05) is 39.2 Å². The molecule has 0 unspecified atom stereocenters. The number of likely N-dealkylation sites (N-methyl/N-ethyl adjacent to an activating group) is 1. The van der Waals surface area contributed by atoms with Crippen LogP contribution in [-0.4, -0.2) is 50.6 Å². The van der Waals surface area contributed by atoms with Crippen molar-refractivity contribution in [3.05, 3.63) is 24.3 Å². The van der Waals surface area contributed by atoms with Crippen molar-refractivity contribution in [1.82, 2.24) is 4.90 Å². The van der Waals surface area contributed by atoms with Crippen LogP contribution in [-0.2, 0) is 14.3 Å². The summed E-state index contributed by atoms with van der Waals surface area (Å²) in [6.07, 6.45) is 0. The molecule has 1 aromatic rings. The molecular weight excluding hydrogens is 260 g/mol. The minimum Gasteiger partial charge on any atom is -0.495 e. The summed E-state index contributed by atoms with van der Waals surface area (Å²) in [5.41, 5.74) is 0.579. The third-order valence-corrected chi connectivity index (χ3v) is 2.72. The molecule has 1 N–H and O–H groups in total. The Morgan fingerprint density at radius 3 is 2.55 bits per heavy atom. The van der Waals surface area contributed by atoms with Crippen LogP contribution in [0.3, 0.4) is 0 Å². The lowest BCUT2D eigenvalue weighted by Crippen LogP contribution is -2.39. The molecule has 6 heteroatoms. The summed E-state index contributed by atoms with van der Waals surface area (Å²) >= 11 is 0. The van der Waals surface area contributed by atoms with Crippen molar-refractivity contribution in [2.24, 2.45) is 0 Å². The molecule has 0 bridgehead atoms. The van der Waals surface area contributed by atoms with Gasteiger partial charge in [0.05, 0.1) is 19.3 Å². The van der Waals surface area contributed by atoms with Gasteiger partial charge >= 0.3 is 0 Å². The van der Waals surface area contributed by atoms with E-state index >= 15 is 0 Å². The highest BCUT2D eigenvalue weighted by Crippen LogP contribution is 2.22. The topological polar surface area (TPSA) is 67.9 Å². The number of methoxy groups -OCH3 is 2. The highest BCUT2D eigenvalue weighted by molar-refractivity contribution is 5.95. The maximum atomic E-state index is 12.0. The zero-order valence-corrected chi connectivity index (χ0v) is 12.0. The lowest BCUT2D eigenvalue weighted by atomic mass is 10.3. The normalized spacial score (nSPS) is 9.95. The number of rotatable bonds is 7. The largest absolute Gasteiger partial charge is 0.495 e. The number of nitrogens with zero attached hydrogens (tertiary/aromatic N) is 1. The second-order valence-electron chi connectivity index (χ2n) is 4.09. The van der Waals surface area contributed by atoms with Crippen molar-refractivity contribution in [3.63, 3.8) is 0 Å². The molecule has 0 aliphatic rings. The quantitative estimate of drug-likeness (QED) is 0.813. The lowest BCUT2D eigenvalue weighted by Gasteiger charge is -2.20. The summed E-state index contributed by atoms with van der Waals surface area (Å²) in [6.45, 7) is 2.21. The predicted octanol–water partition coefficient (Wildman–Crippen LogP) is 1.13. The summed E-state index contributed by atoms with van der Waals surface area (Å²) in [5.74, 6) is 0.0816. The minimum atomic E-state index is -0.277. The van der Waals surface area contributed by atoms with E-state index < -0.39 is 0 Å². The van der Waals surface area contributed by atoms with Gasteiger partial charge in [0.25, 0.3) is 0 Å². The van der Waals surface area contributed by atoms with Crippen LogP contribution in [0.5, 0.6) is 5.75 Å². The lowest BCUT2D eigenvalue weighted by molar-refractivity contribution is -0.137. The Kier molecular flexibility index (Phi) is 6.52. The third kappa shape index (κ3) is 4.55. The van der Waals surface area contributed by atoms with Crippen LogP contribution < -0.4 is 10.1 Å². The maximum absolute atomic E-state index is 12.0. The van der Waals surface area contributed by atoms with Crippen LogP contribution in [0.15, 0.2) is 24.3 Å². The van der Waals surface area contributed by atoms with Gasteiger partial charge in [0.1, 0.15) is 12.4 Å². The van der Waals surface area contributed by atoms with E-state index in [4.69, 9.17) is 9.47 Å². The van der Waals surface area contributed by atoms with E-state index in [9.17, 15) is 9.59 Å². The fourth-order valence-corrected chi connectivity index (χ4v) is 1.70. The van der Waals surface area contributed by atoms with Gasteiger partial charge in [-0.15, -0.1) is 0 Å². The van der Waals surface area contributed by atoms with Gasteiger partial charge in [-0.25, -0.2) is 0 Å². The minimum absolute atomic E-state index is 0.0171. The summed E-state index contributed by atoms with van der Waals surface area (Å²) < 4.78 is 9.93. The zero-order chi connectivity index (χ0) is 15.0. The summed E-state index contributed by atoms with van der Waals surface area (Å²) in [4.78, 5) is 25.1. The van der Waals surface area contributed by atoms with Gasteiger partial charge in [-0.3, -0.25) is 9.59 Å². The second-order valence-corrected chi connectivity index (χ2v) is 4.09. The van der Waals surface area contributed by atoms with Gasteiger partial charge in [-0.2, -0.15) is 0 Å². The Morgan fingerprint density at radius 2 is 1.95 bits per heavy atom. The van der Waals surface area contributed by atoms with E-state index in [1.807, 2.05) is 13.0 Å². The summed E-state index contributed by atoms with van der Waals surface area (Å²) in [7, 11) is 2.98. The molecule has 0 saturated heterocycles. The molecule has 0 radical (unpaired) electrons. The van der Waals surface area contributed by atoms with Crippen molar-refractivity contribution >= 4 is 17.5 Å². The second kappa shape index (κ2) is 8.16. The first kappa shape index (κ1) is 16.0. The molecule has 0 spiro atoms. The SMILES string of the molecule is CCN(CC(=O)Nc1ccccc1OC)C(=O)COC. The smallest absolute Gasteiger partial charge is 0.249 e.